The molecule has 0 amide bonds. The molecule has 0 unspecified atom stereocenters. The molecule has 0 radical (unpaired) electrons. The number of anilines is 1. The molecule has 0 heterocycles. The first-order chi connectivity index (χ1) is 9.45. The van der Waals surface area contributed by atoms with Crippen molar-refractivity contribution < 1.29 is 13.9 Å². The second kappa shape index (κ2) is 6.24. The molecule has 0 spiro atoms. The van der Waals surface area contributed by atoms with Gasteiger partial charge in [0, 0.05) is 10.2 Å². The largest absolute Gasteiger partial charge is 0.457 e. The Kier molecular flexibility index (Phi) is 4.62. The maximum Gasteiger partial charge on any atom is 0.338 e. The van der Waals surface area contributed by atoms with Gasteiger partial charge in [-0.2, -0.15) is 0 Å². The molecule has 2 N–H and O–H groups in total. The summed E-state index contributed by atoms with van der Waals surface area (Å²) in [7, 11) is 0. The molecule has 0 bridgehead atoms. The highest BCUT2D eigenvalue weighted by Gasteiger charge is 2.10. The summed E-state index contributed by atoms with van der Waals surface area (Å²) < 4.78 is 19.0. The van der Waals surface area contributed by atoms with E-state index < -0.39 is 11.8 Å². The van der Waals surface area contributed by atoms with Crippen LogP contribution in [-0.2, 0) is 11.3 Å². The fraction of sp³-hybridized carbons (Fsp3) is 0.0714. The fourth-order valence-corrected chi connectivity index (χ4v) is 2.22. The van der Waals surface area contributed by atoms with E-state index in [1.54, 1.807) is 18.2 Å². The Bertz CT molecular complexity index is 643. The summed E-state index contributed by atoms with van der Waals surface area (Å²) >= 11 is 8.81. The summed E-state index contributed by atoms with van der Waals surface area (Å²) in [6, 6.07) is 9.01. The van der Waals surface area contributed by atoms with Crippen LogP contribution in [0.1, 0.15) is 15.9 Å². The monoisotopic (exact) mass is 357 g/mol. The van der Waals surface area contributed by atoms with E-state index in [-0.39, 0.29) is 11.6 Å². The minimum atomic E-state index is -0.549. The van der Waals surface area contributed by atoms with Crippen molar-refractivity contribution >= 4 is 39.2 Å². The number of hydrogen-bond donors (Lipinski definition) is 1. The van der Waals surface area contributed by atoms with Crippen molar-refractivity contribution in [1.29, 1.82) is 0 Å². The van der Waals surface area contributed by atoms with Gasteiger partial charge in [0.2, 0.25) is 0 Å². The number of hydrogen-bond acceptors (Lipinski definition) is 3. The first-order valence-electron chi connectivity index (χ1n) is 5.63. The second-order valence-electron chi connectivity index (χ2n) is 4.10. The lowest BCUT2D eigenvalue weighted by Gasteiger charge is -2.07. The van der Waals surface area contributed by atoms with Crippen LogP contribution in [0.3, 0.4) is 0 Å². The van der Waals surface area contributed by atoms with Gasteiger partial charge in [0.1, 0.15) is 12.4 Å². The number of rotatable bonds is 3. The molecule has 2 aromatic rings. The molecule has 2 rings (SSSR count). The zero-order valence-electron chi connectivity index (χ0n) is 10.2. The van der Waals surface area contributed by atoms with Crippen LogP contribution in [-0.4, -0.2) is 5.97 Å². The molecular formula is C14H10BrClFNO2. The number of nitrogen functional groups attached to an aromatic ring is 1. The Morgan fingerprint density at radius 2 is 2.05 bits per heavy atom. The maximum atomic E-state index is 13.2. The highest BCUT2D eigenvalue weighted by atomic mass is 79.9. The zero-order chi connectivity index (χ0) is 14.7. The Morgan fingerprint density at radius 3 is 2.70 bits per heavy atom. The van der Waals surface area contributed by atoms with Crippen molar-refractivity contribution in [1.82, 2.24) is 0 Å². The van der Waals surface area contributed by atoms with Crippen molar-refractivity contribution in [2.75, 3.05) is 5.73 Å². The molecule has 0 fully saturated rings. The van der Waals surface area contributed by atoms with E-state index in [0.717, 1.165) is 0 Å². The zero-order valence-corrected chi connectivity index (χ0v) is 12.5. The van der Waals surface area contributed by atoms with E-state index in [1.165, 1.54) is 18.2 Å². The van der Waals surface area contributed by atoms with E-state index in [1.807, 2.05) is 0 Å². The Labute approximate surface area is 128 Å². The lowest BCUT2D eigenvalue weighted by Crippen LogP contribution is -2.06. The van der Waals surface area contributed by atoms with Gasteiger partial charge in [-0.1, -0.05) is 33.6 Å². The predicted octanol–water partition coefficient (Wildman–Crippen LogP) is 4.18. The van der Waals surface area contributed by atoms with E-state index in [0.29, 0.717) is 21.3 Å². The molecule has 20 heavy (non-hydrogen) atoms. The van der Waals surface area contributed by atoms with E-state index in [4.69, 9.17) is 22.1 Å². The molecule has 3 nitrogen and oxygen atoms in total. The topological polar surface area (TPSA) is 52.3 Å². The predicted molar refractivity (Wildman–Crippen MR) is 79.1 cm³/mol. The molecule has 0 atom stereocenters. The number of halogens is 3. The highest BCUT2D eigenvalue weighted by molar-refractivity contribution is 9.10. The third-order valence-corrected chi connectivity index (χ3v) is 3.27. The SMILES string of the molecule is Nc1cc(Br)cc(C(=O)OCc2ccc(Cl)c(F)c2)c1. The Hall–Kier alpha value is -1.59. The van der Waals surface area contributed by atoms with E-state index in [9.17, 15) is 9.18 Å². The van der Waals surface area contributed by atoms with Crippen LogP contribution in [0.15, 0.2) is 40.9 Å². The van der Waals surface area contributed by atoms with Crippen LogP contribution in [0, 0.1) is 5.82 Å². The molecule has 0 aliphatic carbocycles. The quantitative estimate of drug-likeness (QED) is 0.661. The minimum Gasteiger partial charge on any atom is -0.457 e. The third kappa shape index (κ3) is 3.71. The van der Waals surface area contributed by atoms with Gasteiger partial charge < -0.3 is 10.5 Å². The molecule has 0 aliphatic rings. The molecule has 0 saturated heterocycles. The molecule has 0 aliphatic heterocycles. The van der Waals surface area contributed by atoms with Crippen LogP contribution < -0.4 is 5.73 Å². The van der Waals surface area contributed by atoms with E-state index in [2.05, 4.69) is 15.9 Å². The van der Waals surface area contributed by atoms with Crippen LogP contribution >= 0.6 is 27.5 Å². The summed E-state index contributed by atoms with van der Waals surface area (Å²) in [6.07, 6.45) is 0. The summed E-state index contributed by atoms with van der Waals surface area (Å²) in [5, 5.41) is 0.0276. The Morgan fingerprint density at radius 1 is 1.30 bits per heavy atom. The van der Waals surface area contributed by atoms with Crippen molar-refractivity contribution in [3.05, 3.63) is 62.8 Å². The number of esters is 1. The Balaban J connectivity index is 2.06. The lowest BCUT2D eigenvalue weighted by molar-refractivity contribution is 0.0472. The molecule has 6 heteroatoms. The van der Waals surface area contributed by atoms with E-state index >= 15 is 0 Å². The van der Waals surface area contributed by atoms with Crippen molar-refractivity contribution in [2.45, 2.75) is 6.61 Å². The maximum absolute atomic E-state index is 13.2. The third-order valence-electron chi connectivity index (χ3n) is 2.51. The van der Waals surface area contributed by atoms with Gasteiger partial charge in [0.15, 0.2) is 0 Å². The average molecular weight is 359 g/mol. The molecule has 0 aromatic heterocycles. The van der Waals surface area contributed by atoms with Crippen LogP contribution in [0.25, 0.3) is 0 Å². The molecule has 0 saturated carbocycles. The highest BCUT2D eigenvalue weighted by Crippen LogP contribution is 2.19. The van der Waals surface area contributed by atoms with Crippen molar-refractivity contribution in [3.8, 4) is 0 Å². The molecular weight excluding hydrogens is 349 g/mol. The minimum absolute atomic E-state index is 0.0276. The van der Waals surface area contributed by atoms with Crippen molar-refractivity contribution in [2.24, 2.45) is 0 Å². The summed E-state index contributed by atoms with van der Waals surface area (Å²) in [6.45, 7) is -0.0423. The number of nitrogens with two attached hydrogens (primary N) is 1. The normalized spacial score (nSPS) is 10.3. The summed E-state index contributed by atoms with van der Waals surface area (Å²) in [5.41, 5.74) is 6.93. The second-order valence-corrected chi connectivity index (χ2v) is 5.42. The fourth-order valence-electron chi connectivity index (χ4n) is 1.59. The standard InChI is InChI=1S/C14H10BrClFNO2/c15-10-4-9(5-11(18)6-10)14(19)20-7-8-1-2-12(16)13(17)3-8/h1-6H,7,18H2. The van der Waals surface area contributed by atoms with Crippen LogP contribution in [0.2, 0.25) is 5.02 Å². The van der Waals surface area contributed by atoms with Gasteiger partial charge in [0.25, 0.3) is 0 Å². The summed E-state index contributed by atoms with van der Waals surface area (Å²) in [4.78, 5) is 11.9. The first kappa shape index (κ1) is 14.8. The number of carbonyl (C=O) groups is 1. The smallest absolute Gasteiger partial charge is 0.338 e. The number of ether oxygens (including phenoxy) is 1. The van der Waals surface area contributed by atoms with Gasteiger partial charge >= 0.3 is 5.97 Å². The number of carbonyl (C=O) groups excluding carboxylic acids is 1. The first-order valence-corrected chi connectivity index (χ1v) is 6.80. The van der Waals surface area contributed by atoms with Crippen molar-refractivity contribution in [3.63, 3.8) is 0 Å². The molecule has 2 aromatic carbocycles. The lowest BCUT2D eigenvalue weighted by atomic mass is 10.2. The average Bonchev–Trinajstić information content (AvgIpc) is 2.38. The molecule has 104 valence electrons. The number of benzene rings is 2. The van der Waals surface area contributed by atoms with Gasteiger partial charge in [0.05, 0.1) is 10.6 Å². The van der Waals surface area contributed by atoms with Gasteiger partial charge in [-0.3, -0.25) is 0 Å². The van der Waals surface area contributed by atoms with Crippen LogP contribution in [0.4, 0.5) is 10.1 Å². The van der Waals surface area contributed by atoms with Crippen LogP contribution in [0.5, 0.6) is 0 Å². The van der Waals surface area contributed by atoms with Gasteiger partial charge in [-0.15, -0.1) is 0 Å². The van der Waals surface area contributed by atoms with Gasteiger partial charge in [-0.25, -0.2) is 9.18 Å². The van der Waals surface area contributed by atoms with Gasteiger partial charge in [-0.05, 0) is 35.9 Å². The summed E-state index contributed by atoms with van der Waals surface area (Å²) in [5.74, 6) is -1.08.